The van der Waals surface area contributed by atoms with Crippen molar-refractivity contribution in [2.45, 2.75) is 65.0 Å². The van der Waals surface area contributed by atoms with Crippen molar-refractivity contribution >= 4 is 5.91 Å². The summed E-state index contributed by atoms with van der Waals surface area (Å²) >= 11 is 0. The maximum Gasteiger partial charge on any atom is 0.276 e. The van der Waals surface area contributed by atoms with E-state index in [0.717, 1.165) is 31.4 Å². The molecule has 18 heavy (non-hydrogen) atoms. The molecule has 0 saturated carbocycles. The number of carbonyl (C=O) groups is 1. The lowest BCUT2D eigenvalue weighted by atomic mass is 9.97. The van der Waals surface area contributed by atoms with E-state index < -0.39 is 0 Å². The molecule has 4 heteroatoms. The smallest absolute Gasteiger partial charge is 0.276 e. The molecule has 1 fully saturated rings. The predicted octanol–water partition coefficient (Wildman–Crippen LogP) is 3.03. The minimum absolute atomic E-state index is 0.0146. The maximum absolute atomic E-state index is 12.4. The second-order valence-corrected chi connectivity index (χ2v) is 5.27. The number of aromatic nitrogens is 1. The zero-order chi connectivity index (χ0) is 13.1. The second kappa shape index (κ2) is 5.55. The summed E-state index contributed by atoms with van der Waals surface area (Å²) in [5.41, 5.74) is 0.457. The summed E-state index contributed by atoms with van der Waals surface area (Å²) in [6.07, 6.45) is 5.20. The Hall–Kier alpha value is -1.32. The van der Waals surface area contributed by atoms with Crippen LogP contribution >= 0.6 is 0 Å². The average molecular weight is 250 g/mol. The zero-order valence-corrected chi connectivity index (χ0v) is 11.5. The van der Waals surface area contributed by atoms with Crippen molar-refractivity contribution in [2.75, 3.05) is 0 Å². The van der Waals surface area contributed by atoms with Crippen molar-refractivity contribution in [3.63, 3.8) is 0 Å². The lowest BCUT2D eigenvalue weighted by Gasteiger charge is -2.38. The van der Waals surface area contributed by atoms with Crippen LogP contribution in [-0.4, -0.2) is 28.0 Å². The fraction of sp³-hybridized carbons (Fsp3) is 0.714. The molecule has 0 spiro atoms. The Bertz CT molecular complexity index is 404. The standard InChI is InChI=1S/C14H22N2O2/c1-4-6-12-9-13(15-18-12)14(17)16-10(2)7-5-8-11(16)3/h9-11H,4-8H2,1-3H3/t10-,11+. The third-order valence-electron chi connectivity index (χ3n) is 3.70. The summed E-state index contributed by atoms with van der Waals surface area (Å²) in [4.78, 5) is 14.4. The van der Waals surface area contributed by atoms with Gasteiger partial charge in [-0.05, 0) is 39.5 Å². The van der Waals surface area contributed by atoms with Crippen LogP contribution in [0.15, 0.2) is 10.6 Å². The van der Waals surface area contributed by atoms with Gasteiger partial charge in [-0.15, -0.1) is 0 Å². The average Bonchev–Trinajstić information content (AvgIpc) is 2.78. The monoisotopic (exact) mass is 250 g/mol. The first-order valence-corrected chi connectivity index (χ1v) is 6.91. The highest BCUT2D eigenvalue weighted by Gasteiger charge is 2.31. The van der Waals surface area contributed by atoms with Gasteiger partial charge in [0.2, 0.25) is 0 Å². The van der Waals surface area contributed by atoms with Gasteiger partial charge in [0.25, 0.3) is 5.91 Å². The maximum atomic E-state index is 12.4. The Kier molecular flexibility index (Phi) is 4.04. The molecule has 4 nitrogen and oxygen atoms in total. The van der Waals surface area contributed by atoms with Crippen LogP contribution < -0.4 is 0 Å². The van der Waals surface area contributed by atoms with Crippen molar-refractivity contribution < 1.29 is 9.32 Å². The molecular weight excluding hydrogens is 228 g/mol. The van der Waals surface area contributed by atoms with E-state index in [-0.39, 0.29) is 5.91 Å². The number of carbonyl (C=O) groups excluding carboxylic acids is 1. The van der Waals surface area contributed by atoms with Crippen LogP contribution in [0, 0.1) is 0 Å². The molecule has 1 aromatic heterocycles. The molecule has 2 heterocycles. The van der Waals surface area contributed by atoms with E-state index in [9.17, 15) is 4.79 Å². The number of aryl methyl sites for hydroxylation is 1. The first kappa shape index (κ1) is 13.1. The van der Waals surface area contributed by atoms with Crippen molar-refractivity contribution in [2.24, 2.45) is 0 Å². The predicted molar refractivity (Wildman–Crippen MR) is 69.4 cm³/mol. The van der Waals surface area contributed by atoms with Gasteiger partial charge in [-0.1, -0.05) is 12.1 Å². The number of rotatable bonds is 3. The summed E-state index contributed by atoms with van der Waals surface area (Å²) in [7, 11) is 0. The van der Waals surface area contributed by atoms with Gasteiger partial charge in [0.05, 0.1) is 0 Å². The number of hydrogen-bond donors (Lipinski definition) is 0. The van der Waals surface area contributed by atoms with Gasteiger partial charge < -0.3 is 9.42 Å². The van der Waals surface area contributed by atoms with Gasteiger partial charge in [0, 0.05) is 24.6 Å². The lowest BCUT2D eigenvalue weighted by Crippen LogP contribution is -2.47. The molecule has 1 saturated heterocycles. The Balaban J connectivity index is 2.13. The fourth-order valence-electron chi connectivity index (χ4n) is 2.73. The topological polar surface area (TPSA) is 46.3 Å². The van der Waals surface area contributed by atoms with E-state index >= 15 is 0 Å². The van der Waals surface area contributed by atoms with E-state index in [1.165, 1.54) is 6.42 Å². The number of piperidine rings is 1. The van der Waals surface area contributed by atoms with E-state index in [1.54, 1.807) is 6.07 Å². The highest BCUT2D eigenvalue weighted by Crippen LogP contribution is 2.24. The summed E-state index contributed by atoms with van der Waals surface area (Å²) in [6, 6.07) is 2.39. The van der Waals surface area contributed by atoms with Crippen molar-refractivity contribution in [1.29, 1.82) is 0 Å². The summed E-state index contributed by atoms with van der Waals surface area (Å²) in [6.45, 7) is 6.31. The third kappa shape index (κ3) is 2.57. The highest BCUT2D eigenvalue weighted by molar-refractivity contribution is 5.92. The van der Waals surface area contributed by atoms with Crippen LogP contribution in [0.1, 0.15) is 62.7 Å². The number of amides is 1. The van der Waals surface area contributed by atoms with Gasteiger partial charge in [-0.25, -0.2) is 0 Å². The SMILES string of the molecule is CCCc1cc(C(=O)N2[C@H](C)CCC[C@@H]2C)no1. The molecule has 0 unspecified atom stereocenters. The van der Waals surface area contributed by atoms with Crippen LogP contribution in [0.2, 0.25) is 0 Å². The van der Waals surface area contributed by atoms with Crippen LogP contribution in [0.3, 0.4) is 0 Å². The molecule has 0 aliphatic carbocycles. The normalized spacial score (nSPS) is 24.3. The van der Waals surface area contributed by atoms with Crippen molar-refractivity contribution in [1.82, 2.24) is 10.1 Å². The molecule has 0 radical (unpaired) electrons. The molecule has 2 atom stereocenters. The molecule has 1 amide bonds. The Morgan fingerprint density at radius 2 is 2.11 bits per heavy atom. The molecule has 100 valence electrons. The van der Waals surface area contributed by atoms with Gasteiger partial charge >= 0.3 is 0 Å². The minimum atomic E-state index is 0.0146. The van der Waals surface area contributed by atoms with Crippen molar-refractivity contribution in [3.8, 4) is 0 Å². The Morgan fingerprint density at radius 1 is 1.44 bits per heavy atom. The minimum Gasteiger partial charge on any atom is -0.361 e. The van der Waals surface area contributed by atoms with Crippen LogP contribution in [0.4, 0.5) is 0 Å². The first-order valence-electron chi connectivity index (χ1n) is 6.91. The van der Waals surface area contributed by atoms with Gasteiger partial charge in [-0.3, -0.25) is 4.79 Å². The first-order chi connectivity index (χ1) is 8.63. The van der Waals surface area contributed by atoms with Crippen LogP contribution in [0.5, 0.6) is 0 Å². The largest absolute Gasteiger partial charge is 0.361 e. The summed E-state index contributed by atoms with van der Waals surface area (Å²) in [5, 5.41) is 3.91. The molecule has 2 rings (SSSR count). The molecule has 0 N–H and O–H groups in total. The van der Waals surface area contributed by atoms with Gasteiger partial charge in [0.1, 0.15) is 5.76 Å². The molecular formula is C14H22N2O2. The molecule has 1 aromatic rings. The van der Waals surface area contributed by atoms with Gasteiger partial charge in [0.15, 0.2) is 5.69 Å². The quantitative estimate of drug-likeness (QED) is 0.828. The van der Waals surface area contributed by atoms with Gasteiger partial charge in [-0.2, -0.15) is 0 Å². The molecule has 0 aromatic carbocycles. The summed E-state index contributed by atoms with van der Waals surface area (Å²) in [5.74, 6) is 0.818. The third-order valence-corrected chi connectivity index (χ3v) is 3.70. The number of hydrogen-bond acceptors (Lipinski definition) is 3. The second-order valence-electron chi connectivity index (χ2n) is 5.27. The molecule has 1 aliphatic rings. The molecule has 0 bridgehead atoms. The zero-order valence-electron chi connectivity index (χ0n) is 11.5. The number of nitrogens with zero attached hydrogens (tertiary/aromatic N) is 2. The Morgan fingerprint density at radius 3 is 2.72 bits per heavy atom. The fourth-order valence-corrected chi connectivity index (χ4v) is 2.73. The summed E-state index contributed by atoms with van der Waals surface area (Å²) < 4.78 is 5.19. The van der Waals surface area contributed by atoms with E-state index in [2.05, 4.69) is 25.9 Å². The highest BCUT2D eigenvalue weighted by atomic mass is 16.5. The van der Waals surface area contributed by atoms with E-state index in [0.29, 0.717) is 17.8 Å². The van der Waals surface area contributed by atoms with E-state index in [4.69, 9.17) is 4.52 Å². The number of likely N-dealkylation sites (tertiary alicyclic amines) is 1. The molecule has 1 aliphatic heterocycles. The van der Waals surface area contributed by atoms with Crippen LogP contribution in [0.25, 0.3) is 0 Å². The lowest BCUT2D eigenvalue weighted by molar-refractivity contribution is 0.0500. The Labute approximate surface area is 108 Å². The van der Waals surface area contributed by atoms with Crippen molar-refractivity contribution in [3.05, 3.63) is 17.5 Å². The van der Waals surface area contributed by atoms with E-state index in [1.807, 2.05) is 4.90 Å². The van der Waals surface area contributed by atoms with Crippen LogP contribution in [-0.2, 0) is 6.42 Å².